The first kappa shape index (κ1) is 35.5. The van der Waals surface area contributed by atoms with Gasteiger partial charge in [0.05, 0.1) is 26.1 Å². The highest BCUT2D eigenvalue weighted by atomic mass is 16.5. The van der Waals surface area contributed by atoms with Gasteiger partial charge in [0.15, 0.2) is 11.5 Å². The number of Topliss-reactive ketones (excluding diaryl/α,β-unsaturated/α-hetero) is 1. The minimum absolute atomic E-state index is 0.00151. The number of nitrogens with one attached hydrogen (secondary N) is 1. The summed E-state index contributed by atoms with van der Waals surface area (Å²) < 4.78 is 11.1. The van der Waals surface area contributed by atoms with Crippen LogP contribution in [0.1, 0.15) is 80.4 Å². The molecule has 0 unspecified atom stereocenters. The largest absolute Gasteiger partial charge is 0.508 e. The third kappa shape index (κ3) is 9.06. The van der Waals surface area contributed by atoms with Crippen LogP contribution in [0.5, 0.6) is 17.2 Å². The Kier molecular flexibility index (Phi) is 11.5. The molecule has 9 heteroatoms. The average Bonchev–Trinajstić information content (AvgIpc) is 3.59. The zero-order chi connectivity index (χ0) is 35.7. The molecule has 2 bridgehead atoms. The number of benzene rings is 2. The Labute approximate surface area is 299 Å². The number of hydrogen-bond acceptors (Lipinski definition) is 9. The second-order valence-corrected chi connectivity index (χ2v) is 13.6. The molecule has 1 aromatic heterocycles. The summed E-state index contributed by atoms with van der Waals surface area (Å²) in [4.78, 5) is 35.2. The quantitative estimate of drug-likeness (QED) is 0.149. The molecule has 0 spiro atoms. The second kappa shape index (κ2) is 16.6. The number of allylic oxidation sites excluding steroid dienone is 3. The number of esters is 1. The van der Waals surface area contributed by atoms with Crippen molar-refractivity contribution in [2.75, 3.05) is 25.5 Å². The lowest BCUT2D eigenvalue weighted by Gasteiger charge is -2.31. The summed E-state index contributed by atoms with van der Waals surface area (Å²) in [6.45, 7) is 2.28. The molecule has 0 fully saturated rings. The molecule has 0 amide bonds. The van der Waals surface area contributed by atoms with E-state index in [1.807, 2.05) is 30.5 Å². The first-order chi connectivity index (χ1) is 24.8. The summed E-state index contributed by atoms with van der Waals surface area (Å²) >= 11 is 0. The van der Waals surface area contributed by atoms with Crippen molar-refractivity contribution in [1.29, 1.82) is 0 Å². The number of nitrogens with zero attached hydrogens (tertiary/aromatic N) is 2. The number of fused-ring (bicyclic) bond motifs is 4. The molecular formula is C42H45N3O6. The smallest absolute Gasteiger partial charge is 0.302 e. The zero-order valence-electron chi connectivity index (χ0n) is 29.2. The summed E-state index contributed by atoms with van der Waals surface area (Å²) in [5.41, 5.74) is 5.29. The third-order valence-electron chi connectivity index (χ3n) is 10.1. The van der Waals surface area contributed by atoms with Crippen LogP contribution in [0.4, 0.5) is 5.82 Å². The average molecular weight is 688 g/mol. The second-order valence-electron chi connectivity index (χ2n) is 13.6. The minimum Gasteiger partial charge on any atom is -0.508 e. The maximum Gasteiger partial charge on any atom is 0.302 e. The molecule has 2 aromatic carbocycles. The number of phenols is 2. The van der Waals surface area contributed by atoms with E-state index in [9.17, 15) is 19.8 Å². The van der Waals surface area contributed by atoms with E-state index in [1.54, 1.807) is 30.5 Å². The Balaban J connectivity index is 1.39. The number of aromatic nitrogens is 1. The Bertz CT molecular complexity index is 1900. The molecule has 5 atom stereocenters. The van der Waals surface area contributed by atoms with Gasteiger partial charge in [-0.25, -0.2) is 4.98 Å². The van der Waals surface area contributed by atoms with E-state index in [-0.39, 0.29) is 48.5 Å². The molecule has 0 radical (unpaired) electrons. The number of methoxy groups -OCH3 is 1. The van der Waals surface area contributed by atoms with E-state index in [2.05, 4.69) is 40.4 Å². The number of rotatable bonds is 4. The predicted molar refractivity (Wildman–Crippen MR) is 197 cm³/mol. The van der Waals surface area contributed by atoms with Gasteiger partial charge in [-0.3, -0.25) is 14.6 Å². The summed E-state index contributed by atoms with van der Waals surface area (Å²) in [5, 5.41) is 24.0. The molecule has 264 valence electrons. The molecule has 3 aromatic rings. The number of carbonyl (C=O) groups is 2. The standard InChI is InChI=1S/C42H45N3O6/c1-27(46)51-36-14-12-28-7-3-4-11-37(28)39-26-43-25-33(39)21-38(31-8-5-10-34(47)20-31)32-16-18-45-42(23-32)44-17-6-9-29(19-35(48)24-36)30-13-15-40(49)41(22-30)50-2/h4-5,8,10-11,13,15-16,18,20,22-23,26,28-29,36-38,47,49H,3,7,12,14,17,19,21,24-25H2,1-2H3,(H,44,45)/t28-,29+,36+,37+,38+/m1/s1. The predicted octanol–water partition coefficient (Wildman–Crippen LogP) is 7.26. The van der Waals surface area contributed by atoms with Gasteiger partial charge in [0.2, 0.25) is 0 Å². The van der Waals surface area contributed by atoms with Gasteiger partial charge in [-0.05, 0) is 102 Å². The fourth-order valence-corrected chi connectivity index (χ4v) is 7.56. The molecule has 0 saturated carbocycles. The van der Waals surface area contributed by atoms with Crippen LogP contribution < -0.4 is 10.1 Å². The third-order valence-corrected chi connectivity index (χ3v) is 10.1. The first-order valence-electron chi connectivity index (χ1n) is 17.7. The van der Waals surface area contributed by atoms with Crippen LogP contribution in [-0.4, -0.2) is 59.5 Å². The van der Waals surface area contributed by atoms with Crippen molar-refractivity contribution in [3.63, 3.8) is 0 Å². The molecular weight excluding hydrogens is 642 g/mol. The summed E-state index contributed by atoms with van der Waals surface area (Å²) in [5.74, 6) is 7.09. The number of ether oxygens (including phenoxy) is 2. The van der Waals surface area contributed by atoms with E-state index in [1.165, 1.54) is 25.2 Å². The number of anilines is 1. The van der Waals surface area contributed by atoms with Crippen molar-refractivity contribution in [3.8, 4) is 29.1 Å². The van der Waals surface area contributed by atoms with Crippen molar-refractivity contribution >= 4 is 23.8 Å². The van der Waals surface area contributed by atoms with Gasteiger partial charge in [-0.2, -0.15) is 0 Å². The zero-order valence-corrected chi connectivity index (χ0v) is 29.2. The Morgan fingerprint density at radius 3 is 2.67 bits per heavy atom. The molecule has 3 aliphatic rings. The number of phenolic OH excluding ortho intramolecular Hbond substituents is 2. The Morgan fingerprint density at radius 2 is 1.84 bits per heavy atom. The minimum atomic E-state index is -0.547. The monoisotopic (exact) mass is 687 g/mol. The summed E-state index contributed by atoms with van der Waals surface area (Å²) in [6.07, 6.45) is 12.1. The molecule has 2 aliphatic heterocycles. The van der Waals surface area contributed by atoms with Gasteiger partial charge in [-0.1, -0.05) is 42.2 Å². The van der Waals surface area contributed by atoms with E-state index in [0.717, 1.165) is 42.4 Å². The molecule has 3 N–H and O–H groups in total. The van der Waals surface area contributed by atoms with Gasteiger partial charge < -0.3 is 25.0 Å². The van der Waals surface area contributed by atoms with E-state index in [4.69, 9.17) is 14.5 Å². The summed E-state index contributed by atoms with van der Waals surface area (Å²) in [7, 11) is 1.48. The molecule has 3 heterocycles. The fourth-order valence-electron chi connectivity index (χ4n) is 7.56. The van der Waals surface area contributed by atoms with E-state index in [0.29, 0.717) is 30.5 Å². The van der Waals surface area contributed by atoms with Crippen LogP contribution in [-0.2, 0) is 14.3 Å². The SMILES string of the molecule is COc1cc([C@H]2C#CCNc3cc(ccn3)[C@H](c3cccc(O)c3)CC3=C(C=NC3)[C@H]3C=CCC[C@@H]3CC[C@H](OC(C)=O)CC(=O)C2)ccc1O. The van der Waals surface area contributed by atoms with Crippen LogP contribution in [0.15, 0.2) is 89.1 Å². The van der Waals surface area contributed by atoms with Gasteiger partial charge in [-0.15, -0.1) is 0 Å². The van der Waals surface area contributed by atoms with Crippen LogP contribution in [0.25, 0.3) is 0 Å². The van der Waals surface area contributed by atoms with E-state index >= 15 is 0 Å². The van der Waals surface area contributed by atoms with Crippen molar-refractivity contribution in [2.45, 2.75) is 69.8 Å². The number of aromatic hydroxyl groups is 2. The number of pyridine rings is 1. The lowest BCUT2D eigenvalue weighted by atomic mass is 9.74. The molecule has 6 rings (SSSR count). The first-order valence-corrected chi connectivity index (χ1v) is 17.7. The van der Waals surface area contributed by atoms with Crippen LogP contribution in [0, 0.1) is 23.7 Å². The van der Waals surface area contributed by atoms with Crippen molar-refractivity contribution in [1.82, 2.24) is 4.98 Å². The number of aliphatic imine (C=N–C) groups is 1. The highest BCUT2D eigenvalue weighted by Crippen LogP contribution is 2.41. The number of ketones is 1. The topological polar surface area (TPSA) is 130 Å². The van der Waals surface area contributed by atoms with Gasteiger partial charge in [0, 0.05) is 44.0 Å². The van der Waals surface area contributed by atoms with Gasteiger partial charge in [0.25, 0.3) is 0 Å². The van der Waals surface area contributed by atoms with E-state index < -0.39 is 18.0 Å². The maximum absolute atomic E-state index is 13.7. The van der Waals surface area contributed by atoms with Crippen molar-refractivity contribution < 1.29 is 29.3 Å². The molecule has 1 aliphatic carbocycles. The molecule has 0 saturated heterocycles. The molecule has 51 heavy (non-hydrogen) atoms. The van der Waals surface area contributed by atoms with Crippen LogP contribution in [0.3, 0.4) is 0 Å². The highest BCUT2D eigenvalue weighted by Gasteiger charge is 2.31. The van der Waals surface area contributed by atoms with Crippen molar-refractivity contribution in [2.24, 2.45) is 16.8 Å². The normalized spacial score (nSPS) is 24.0. The summed E-state index contributed by atoms with van der Waals surface area (Å²) in [6, 6.07) is 16.5. The lowest BCUT2D eigenvalue weighted by molar-refractivity contribution is -0.148. The van der Waals surface area contributed by atoms with Crippen LogP contribution in [0.2, 0.25) is 0 Å². The molecule has 9 nitrogen and oxygen atoms in total. The lowest BCUT2D eigenvalue weighted by Crippen LogP contribution is -2.25. The number of hydrogen-bond donors (Lipinski definition) is 3. The maximum atomic E-state index is 13.7. The fraction of sp³-hybridized carbons (Fsp3) is 0.381. The Hall–Kier alpha value is -5.36. The van der Waals surface area contributed by atoms with Gasteiger partial charge in [0.1, 0.15) is 23.5 Å². The Morgan fingerprint density at radius 1 is 0.980 bits per heavy atom. The van der Waals surface area contributed by atoms with Crippen LogP contribution >= 0.6 is 0 Å². The number of carbonyl (C=O) groups excluding carboxylic acids is 2. The van der Waals surface area contributed by atoms with Gasteiger partial charge >= 0.3 is 5.97 Å². The van der Waals surface area contributed by atoms with Crippen molar-refractivity contribution in [3.05, 3.63) is 101 Å². The highest BCUT2D eigenvalue weighted by molar-refractivity contribution is 5.84.